The second-order valence-electron chi connectivity index (χ2n) is 8.88. The van der Waals surface area contributed by atoms with Gasteiger partial charge in [-0.05, 0) is 71.8 Å². The van der Waals surface area contributed by atoms with E-state index in [0.29, 0.717) is 57.6 Å². The number of nitrogens with one attached hydrogen (secondary N) is 4. The number of anilines is 2. The minimum atomic E-state index is -0.636. The molecule has 2 aromatic heterocycles. The number of carbonyl (C=O) groups is 3. The summed E-state index contributed by atoms with van der Waals surface area (Å²) in [4.78, 5) is 45.0. The molecule has 3 heterocycles. The molecule has 1 aliphatic rings. The number of aromatic nitrogens is 6. The zero-order chi connectivity index (χ0) is 28.8. The van der Waals surface area contributed by atoms with Crippen LogP contribution in [0.1, 0.15) is 30.3 Å². The Bertz CT molecular complexity index is 1650. The number of carbonyl (C=O) groups excluding carboxylic acids is 3. The summed E-state index contributed by atoms with van der Waals surface area (Å²) in [6.45, 7) is 0. The lowest BCUT2D eigenvalue weighted by Crippen LogP contribution is -2.27. The van der Waals surface area contributed by atoms with Gasteiger partial charge in [-0.15, -0.1) is 5.10 Å². The van der Waals surface area contributed by atoms with Gasteiger partial charge in [0.05, 0.1) is 36.4 Å². The molecule has 0 saturated heterocycles. The largest absolute Gasteiger partial charge is 0.453 e. The summed E-state index contributed by atoms with van der Waals surface area (Å²) < 4.78 is 6.12. The predicted octanol–water partition coefficient (Wildman–Crippen LogP) is 4.04. The number of fused-ring (bicyclic) bond motifs is 4. The maximum absolute atomic E-state index is 13.0. The summed E-state index contributed by atoms with van der Waals surface area (Å²) in [6, 6.07) is 9.71. The van der Waals surface area contributed by atoms with Crippen LogP contribution in [0.5, 0.6) is 0 Å². The molecule has 2 bridgehead atoms. The molecular weight excluding hydrogens is 550 g/mol. The van der Waals surface area contributed by atoms with Crippen LogP contribution in [-0.4, -0.2) is 55.2 Å². The van der Waals surface area contributed by atoms with Crippen LogP contribution in [0.2, 0.25) is 5.02 Å². The van der Waals surface area contributed by atoms with E-state index >= 15 is 0 Å². The van der Waals surface area contributed by atoms with Crippen LogP contribution in [0.4, 0.5) is 16.2 Å². The zero-order valence-corrected chi connectivity index (χ0v) is 22.4. The van der Waals surface area contributed by atoms with Crippen molar-refractivity contribution < 1.29 is 19.1 Å². The number of ether oxygens (including phenoxy) is 1. The fraction of sp³-hybridized carbons (Fsp3) is 0.148. The van der Waals surface area contributed by atoms with Gasteiger partial charge in [0.25, 0.3) is 0 Å². The number of nitrogens with zero attached hydrogens (tertiary/aromatic N) is 5. The Kier molecular flexibility index (Phi) is 8.15. The number of methoxy groups -OCH3 is 1. The monoisotopic (exact) mass is 573 g/mol. The van der Waals surface area contributed by atoms with Crippen molar-refractivity contribution >= 4 is 47.0 Å². The van der Waals surface area contributed by atoms with Crippen molar-refractivity contribution in [1.82, 2.24) is 35.5 Å². The molecule has 0 spiro atoms. The summed E-state index contributed by atoms with van der Waals surface area (Å²) >= 11 is 6.18. The average molecular weight is 574 g/mol. The minimum absolute atomic E-state index is 0.342. The molecule has 4 N–H and O–H groups in total. The van der Waals surface area contributed by atoms with Crippen molar-refractivity contribution in [1.29, 1.82) is 0 Å². The smallest absolute Gasteiger partial charge is 0.411 e. The average Bonchev–Trinajstić information content (AvgIpc) is 3.66. The van der Waals surface area contributed by atoms with Gasteiger partial charge in [-0.1, -0.05) is 17.7 Å². The number of rotatable bonds is 5. The molecule has 208 valence electrons. The first-order valence-corrected chi connectivity index (χ1v) is 12.8. The Morgan fingerprint density at radius 3 is 2.90 bits per heavy atom. The van der Waals surface area contributed by atoms with Crippen LogP contribution < -0.4 is 16.0 Å². The predicted molar refractivity (Wildman–Crippen MR) is 151 cm³/mol. The maximum Gasteiger partial charge on any atom is 0.411 e. The number of halogens is 1. The molecule has 14 heteroatoms. The van der Waals surface area contributed by atoms with E-state index in [9.17, 15) is 14.4 Å². The third kappa shape index (κ3) is 6.65. The molecule has 3 amide bonds. The second kappa shape index (κ2) is 12.3. The van der Waals surface area contributed by atoms with Gasteiger partial charge in [0.2, 0.25) is 11.8 Å². The van der Waals surface area contributed by atoms with Gasteiger partial charge >= 0.3 is 6.09 Å². The van der Waals surface area contributed by atoms with E-state index in [1.165, 1.54) is 30.3 Å². The molecule has 41 heavy (non-hydrogen) atoms. The lowest BCUT2D eigenvalue weighted by molar-refractivity contribution is -0.117. The van der Waals surface area contributed by atoms with Crippen LogP contribution >= 0.6 is 11.6 Å². The summed E-state index contributed by atoms with van der Waals surface area (Å²) in [6.07, 6.45) is 9.58. The maximum atomic E-state index is 13.0. The Labute approximate surface area is 238 Å². The highest BCUT2D eigenvalue weighted by Gasteiger charge is 2.19. The molecule has 0 radical (unpaired) electrons. The quantitative estimate of drug-likeness (QED) is 0.259. The first-order chi connectivity index (χ1) is 19.9. The topological polar surface area (TPSA) is 169 Å². The first kappa shape index (κ1) is 27.3. The molecule has 13 nitrogen and oxygen atoms in total. The summed E-state index contributed by atoms with van der Waals surface area (Å²) in [5.74, 6) is -0.157. The number of hydrogen-bond donors (Lipinski definition) is 4. The van der Waals surface area contributed by atoms with Gasteiger partial charge in [-0.3, -0.25) is 14.9 Å². The van der Waals surface area contributed by atoms with Gasteiger partial charge < -0.3 is 20.4 Å². The van der Waals surface area contributed by atoms with Crippen molar-refractivity contribution in [2.24, 2.45) is 0 Å². The summed E-state index contributed by atoms with van der Waals surface area (Å²) in [5, 5.41) is 20.1. The van der Waals surface area contributed by atoms with Crippen LogP contribution in [0, 0.1) is 0 Å². The van der Waals surface area contributed by atoms with Crippen LogP contribution in [0.3, 0.4) is 0 Å². The Morgan fingerprint density at radius 2 is 2.10 bits per heavy atom. The highest BCUT2D eigenvalue weighted by molar-refractivity contribution is 6.30. The van der Waals surface area contributed by atoms with Crippen LogP contribution in [-0.2, 0) is 14.3 Å². The lowest BCUT2D eigenvalue weighted by atomic mass is 10.1. The van der Waals surface area contributed by atoms with E-state index in [1.54, 1.807) is 54.7 Å². The molecule has 1 aliphatic heterocycles. The van der Waals surface area contributed by atoms with Gasteiger partial charge in [-0.2, -0.15) is 4.68 Å². The number of hydrogen-bond acceptors (Lipinski definition) is 8. The van der Waals surface area contributed by atoms with Gasteiger partial charge in [0.1, 0.15) is 12.2 Å². The normalized spacial score (nSPS) is 15.7. The van der Waals surface area contributed by atoms with Gasteiger partial charge in [0, 0.05) is 27.9 Å². The number of aromatic amines is 1. The van der Waals surface area contributed by atoms with Gasteiger partial charge in [0.15, 0.2) is 0 Å². The molecule has 0 unspecified atom stereocenters. The third-order valence-corrected chi connectivity index (χ3v) is 6.37. The Morgan fingerprint density at radius 1 is 1.22 bits per heavy atom. The SMILES string of the molecule is COC(=O)Nc1ccc2c(c1)NC(=O)/C=C/CC[C@H](NC(=O)/C=C/c1cc(Cl)ccc1-n1cnnn1)c1ncc-2[nH]1. The molecule has 0 fully saturated rings. The van der Waals surface area contributed by atoms with Crippen molar-refractivity contribution in [3.8, 4) is 16.9 Å². The highest BCUT2D eigenvalue weighted by atomic mass is 35.5. The first-order valence-electron chi connectivity index (χ1n) is 12.4. The van der Waals surface area contributed by atoms with Crippen LogP contribution in [0.25, 0.3) is 23.0 Å². The second-order valence-corrected chi connectivity index (χ2v) is 9.32. The van der Waals surface area contributed by atoms with E-state index in [-0.39, 0.29) is 11.8 Å². The fourth-order valence-electron chi connectivity index (χ4n) is 4.21. The number of imidazole rings is 1. The highest BCUT2D eigenvalue weighted by Crippen LogP contribution is 2.31. The molecule has 1 atom stereocenters. The van der Waals surface area contributed by atoms with Crippen LogP contribution in [0.15, 0.2) is 67.2 Å². The summed E-state index contributed by atoms with van der Waals surface area (Å²) in [5.41, 5.74) is 3.44. The Hall–Kier alpha value is -5.30. The molecule has 4 aromatic rings. The van der Waals surface area contributed by atoms with Crippen molar-refractivity contribution in [2.45, 2.75) is 18.9 Å². The van der Waals surface area contributed by atoms with Crippen molar-refractivity contribution in [3.05, 3.63) is 83.6 Å². The van der Waals surface area contributed by atoms with E-state index in [1.807, 2.05) is 0 Å². The fourth-order valence-corrected chi connectivity index (χ4v) is 4.39. The van der Waals surface area contributed by atoms with E-state index < -0.39 is 12.1 Å². The number of allylic oxidation sites excluding steroid dienone is 1. The summed E-state index contributed by atoms with van der Waals surface area (Å²) in [7, 11) is 1.26. The van der Waals surface area contributed by atoms with E-state index in [0.717, 1.165) is 0 Å². The molecular formula is C27H24ClN9O4. The molecule has 0 saturated carbocycles. The number of H-pyrrole nitrogens is 1. The van der Waals surface area contributed by atoms with Crippen molar-refractivity contribution in [3.63, 3.8) is 0 Å². The number of tetrazole rings is 1. The molecule has 0 aliphatic carbocycles. The minimum Gasteiger partial charge on any atom is -0.453 e. The Balaban J connectivity index is 1.39. The number of amides is 3. The van der Waals surface area contributed by atoms with Gasteiger partial charge in [-0.25, -0.2) is 9.78 Å². The standard InChI is InChI=1S/C27H24ClN9O4/c1-41-27(40)31-18-8-9-19-21(13-18)33-24(38)5-3-2-4-20(26-29-14-22(19)34-26)32-25(39)11-6-16-12-17(28)7-10-23(16)37-15-30-35-36-37/h3,5-15,20H,2,4H2,1H3,(H,29,34)(H,31,40)(H,32,39)(H,33,38)/b5-3+,11-6+/t20-/m0/s1. The van der Waals surface area contributed by atoms with E-state index in [4.69, 9.17) is 11.6 Å². The zero-order valence-electron chi connectivity index (χ0n) is 21.7. The third-order valence-electron chi connectivity index (χ3n) is 6.13. The lowest BCUT2D eigenvalue weighted by Gasteiger charge is -2.16. The number of benzene rings is 2. The molecule has 2 aromatic carbocycles. The molecule has 5 rings (SSSR count). The van der Waals surface area contributed by atoms with E-state index in [2.05, 4.69) is 46.2 Å². The van der Waals surface area contributed by atoms with Crippen molar-refractivity contribution in [2.75, 3.05) is 17.7 Å².